The van der Waals surface area contributed by atoms with Gasteiger partial charge in [-0.1, -0.05) is 12.2 Å². The zero-order valence-electron chi connectivity index (χ0n) is 14.2. The summed E-state index contributed by atoms with van der Waals surface area (Å²) >= 11 is 0. The van der Waals surface area contributed by atoms with Gasteiger partial charge in [-0.2, -0.15) is 0 Å². The first-order valence-electron chi connectivity index (χ1n) is 7.79. The Morgan fingerprint density at radius 3 is 2.21 bits per heavy atom. The predicted molar refractivity (Wildman–Crippen MR) is 94.4 cm³/mol. The Morgan fingerprint density at radius 2 is 1.67 bits per heavy atom. The van der Waals surface area contributed by atoms with Gasteiger partial charge in [-0.25, -0.2) is 0 Å². The first-order valence-corrected chi connectivity index (χ1v) is 7.79. The molecule has 0 radical (unpaired) electrons. The van der Waals surface area contributed by atoms with E-state index in [9.17, 15) is 9.59 Å². The first-order chi connectivity index (χ1) is 11.6. The van der Waals surface area contributed by atoms with Gasteiger partial charge in [0.05, 0.1) is 13.2 Å². The number of anilines is 1. The normalized spacial score (nSPS) is 9.75. The minimum atomic E-state index is -0.731. The number of nitrogens with one attached hydrogen (secondary N) is 1. The Kier molecular flexibility index (Phi) is 8.11. The van der Waals surface area contributed by atoms with Crippen molar-refractivity contribution in [1.29, 1.82) is 0 Å². The highest BCUT2D eigenvalue weighted by molar-refractivity contribution is 6.39. The molecule has 1 N–H and O–H groups in total. The van der Waals surface area contributed by atoms with E-state index in [0.717, 1.165) is 0 Å². The second-order valence-electron chi connectivity index (χ2n) is 4.77. The molecule has 0 fully saturated rings. The number of carbonyl (C=O) groups excluding carboxylic acids is 2. The van der Waals surface area contributed by atoms with Crippen LogP contribution in [0, 0.1) is 0 Å². The maximum Gasteiger partial charge on any atom is 0.313 e. The molecule has 6 nitrogen and oxygen atoms in total. The van der Waals surface area contributed by atoms with Crippen molar-refractivity contribution in [3.05, 3.63) is 43.5 Å². The molecular weight excluding hydrogens is 308 g/mol. The van der Waals surface area contributed by atoms with Gasteiger partial charge in [-0.15, -0.1) is 13.2 Å². The average Bonchev–Trinajstić information content (AvgIpc) is 2.56. The van der Waals surface area contributed by atoms with E-state index in [1.807, 2.05) is 13.8 Å². The van der Waals surface area contributed by atoms with Gasteiger partial charge >= 0.3 is 11.8 Å². The molecule has 6 heteroatoms. The van der Waals surface area contributed by atoms with Crippen molar-refractivity contribution < 1.29 is 19.1 Å². The summed E-state index contributed by atoms with van der Waals surface area (Å²) in [6.07, 6.45) is 3.11. The summed E-state index contributed by atoms with van der Waals surface area (Å²) in [6, 6.07) is 4.98. The monoisotopic (exact) mass is 332 g/mol. The standard InChI is InChI=1S/C18H24N2O4/c1-5-11-20(12-6-2)18(22)17(21)19-14-9-10-15(23-7-3)16(13-14)24-8-4/h5-6,9-10,13H,1-2,7-8,11-12H2,3-4H3,(H,19,21). The Hall–Kier alpha value is -2.76. The summed E-state index contributed by atoms with van der Waals surface area (Å²) in [4.78, 5) is 25.7. The van der Waals surface area contributed by atoms with Crippen LogP contribution in [0.2, 0.25) is 0 Å². The molecule has 0 atom stereocenters. The minimum absolute atomic E-state index is 0.270. The molecule has 1 aromatic rings. The number of nitrogens with zero attached hydrogens (tertiary/aromatic N) is 1. The molecule has 1 aromatic carbocycles. The zero-order chi connectivity index (χ0) is 17.9. The van der Waals surface area contributed by atoms with Gasteiger partial charge in [0.25, 0.3) is 0 Å². The van der Waals surface area contributed by atoms with Crippen LogP contribution in [0.5, 0.6) is 11.5 Å². The maximum absolute atomic E-state index is 12.2. The predicted octanol–water partition coefficient (Wildman–Crippen LogP) is 2.62. The van der Waals surface area contributed by atoms with E-state index in [0.29, 0.717) is 30.4 Å². The van der Waals surface area contributed by atoms with E-state index < -0.39 is 11.8 Å². The highest BCUT2D eigenvalue weighted by atomic mass is 16.5. The third-order valence-electron chi connectivity index (χ3n) is 2.98. The number of hydrogen-bond acceptors (Lipinski definition) is 4. The SMILES string of the molecule is C=CCN(CC=C)C(=O)C(=O)Nc1ccc(OCC)c(OCC)c1. The van der Waals surface area contributed by atoms with Crippen molar-refractivity contribution >= 4 is 17.5 Å². The third kappa shape index (κ3) is 5.46. The molecule has 0 saturated heterocycles. The van der Waals surface area contributed by atoms with Gasteiger partial charge in [0.2, 0.25) is 0 Å². The smallest absolute Gasteiger partial charge is 0.313 e. The molecule has 0 bridgehead atoms. The van der Waals surface area contributed by atoms with Crippen LogP contribution >= 0.6 is 0 Å². The number of benzene rings is 1. The quantitative estimate of drug-likeness (QED) is 0.557. The second kappa shape index (κ2) is 10.1. The summed E-state index contributed by atoms with van der Waals surface area (Å²) in [6.45, 7) is 12.4. The first kappa shape index (κ1) is 19.3. The molecule has 2 amide bonds. The molecule has 0 unspecified atom stereocenters. The van der Waals surface area contributed by atoms with Crippen molar-refractivity contribution in [3.8, 4) is 11.5 Å². The maximum atomic E-state index is 12.2. The molecule has 1 rings (SSSR count). The fraction of sp³-hybridized carbons (Fsp3) is 0.333. The summed E-state index contributed by atoms with van der Waals surface area (Å²) in [7, 11) is 0. The second-order valence-corrected chi connectivity index (χ2v) is 4.77. The minimum Gasteiger partial charge on any atom is -0.490 e. The number of carbonyl (C=O) groups is 2. The fourth-order valence-electron chi connectivity index (χ4n) is 2.01. The third-order valence-corrected chi connectivity index (χ3v) is 2.98. The lowest BCUT2D eigenvalue weighted by atomic mass is 10.2. The largest absolute Gasteiger partial charge is 0.490 e. The van der Waals surface area contributed by atoms with Crippen LogP contribution in [0.15, 0.2) is 43.5 Å². The summed E-state index contributed by atoms with van der Waals surface area (Å²) in [5.74, 6) is -0.283. The number of hydrogen-bond donors (Lipinski definition) is 1. The van der Waals surface area contributed by atoms with Gasteiger partial charge in [0.1, 0.15) is 0 Å². The lowest BCUT2D eigenvalue weighted by Gasteiger charge is -2.19. The highest BCUT2D eigenvalue weighted by Crippen LogP contribution is 2.30. The molecule has 0 aromatic heterocycles. The van der Waals surface area contributed by atoms with Gasteiger partial charge in [-0.3, -0.25) is 9.59 Å². The van der Waals surface area contributed by atoms with Gasteiger partial charge < -0.3 is 19.7 Å². The average molecular weight is 332 g/mol. The summed E-state index contributed by atoms with van der Waals surface area (Å²) < 4.78 is 11.0. The summed E-state index contributed by atoms with van der Waals surface area (Å²) in [5.41, 5.74) is 0.456. The van der Waals surface area contributed by atoms with Crippen molar-refractivity contribution in [1.82, 2.24) is 4.90 Å². The van der Waals surface area contributed by atoms with Crippen molar-refractivity contribution in [3.63, 3.8) is 0 Å². The topological polar surface area (TPSA) is 67.9 Å². The van der Waals surface area contributed by atoms with E-state index in [1.165, 1.54) is 4.90 Å². The Balaban J connectivity index is 2.88. The van der Waals surface area contributed by atoms with E-state index >= 15 is 0 Å². The highest BCUT2D eigenvalue weighted by Gasteiger charge is 2.20. The van der Waals surface area contributed by atoms with Gasteiger partial charge in [0, 0.05) is 24.8 Å². The van der Waals surface area contributed by atoms with Crippen LogP contribution in [0.1, 0.15) is 13.8 Å². The van der Waals surface area contributed by atoms with Crippen molar-refractivity contribution in [2.45, 2.75) is 13.8 Å². The van der Waals surface area contributed by atoms with E-state index in [2.05, 4.69) is 18.5 Å². The lowest BCUT2D eigenvalue weighted by Crippen LogP contribution is -2.39. The molecule has 24 heavy (non-hydrogen) atoms. The Morgan fingerprint density at radius 1 is 1.08 bits per heavy atom. The number of rotatable bonds is 9. The van der Waals surface area contributed by atoms with Crippen LogP contribution in [0.25, 0.3) is 0 Å². The van der Waals surface area contributed by atoms with Crippen LogP contribution in [-0.2, 0) is 9.59 Å². The van der Waals surface area contributed by atoms with E-state index in [4.69, 9.17) is 9.47 Å². The molecule has 0 heterocycles. The fourth-order valence-corrected chi connectivity index (χ4v) is 2.01. The number of amides is 2. The Bertz CT molecular complexity index is 589. The van der Waals surface area contributed by atoms with Crippen LogP contribution in [0.3, 0.4) is 0 Å². The summed E-state index contributed by atoms with van der Waals surface area (Å²) in [5, 5.41) is 2.57. The zero-order valence-corrected chi connectivity index (χ0v) is 14.2. The molecule has 0 aliphatic rings. The molecule has 130 valence electrons. The number of ether oxygens (including phenoxy) is 2. The van der Waals surface area contributed by atoms with Crippen LogP contribution < -0.4 is 14.8 Å². The van der Waals surface area contributed by atoms with Crippen molar-refractivity contribution in [2.75, 3.05) is 31.6 Å². The van der Waals surface area contributed by atoms with Gasteiger partial charge in [-0.05, 0) is 26.0 Å². The van der Waals surface area contributed by atoms with E-state index in [1.54, 1.807) is 30.4 Å². The lowest BCUT2D eigenvalue weighted by molar-refractivity contribution is -0.142. The van der Waals surface area contributed by atoms with Crippen molar-refractivity contribution in [2.24, 2.45) is 0 Å². The van der Waals surface area contributed by atoms with Crippen LogP contribution in [0.4, 0.5) is 5.69 Å². The van der Waals surface area contributed by atoms with Gasteiger partial charge in [0.15, 0.2) is 11.5 Å². The molecule has 0 aliphatic heterocycles. The molecule has 0 spiro atoms. The molecular formula is C18H24N2O4. The van der Waals surface area contributed by atoms with E-state index in [-0.39, 0.29) is 13.1 Å². The Labute approximate surface area is 142 Å². The molecule has 0 saturated carbocycles. The molecule has 0 aliphatic carbocycles. The van der Waals surface area contributed by atoms with Crippen LogP contribution in [-0.4, -0.2) is 43.0 Å².